The number of anilines is 1. The summed E-state index contributed by atoms with van der Waals surface area (Å²) in [6, 6.07) is 14.0. The molecule has 2 aromatic heterocycles. The van der Waals surface area contributed by atoms with Crippen LogP contribution in [-0.2, 0) is 19.5 Å². The summed E-state index contributed by atoms with van der Waals surface area (Å²) < 4.78 is 0. The summed E-state index contributed by atoms with van der Waals surface area (Å²) in [5.74, 6) is 1.20. The first-order valence-corrected chi connectivity index (χ1v) is 9.03. The van der Waals surface area contributed by atoms with Gasteiger partial charge in [-0.1, -0.05) is 24.3 Å². The number of benzene rings is 1. The number of aryl methyl sites for hydroxylation is 1. The van der Waals surface area contributed by atoms with Crippen molar-refractivity contribution in [2.24, 2.45) is 0 Å². The van der Waals surface area contributed by atoms with Gasteiger partial charge < -0.3 is 10.2 Å². The van der Waals surface area contributed by atoms with Gasteiger partial charge in [0.05, 0.1) is 0 Å². The maximum absolute atomic E-state index is 12.6. The number of nitrogens with zero attached hydrogens (tertiary/aromatic N) is 4. The van der Waals surface area contributed by atoms with Crippen molar-refractivity contribution in [2.75, 3.05) is 11.4 Å². The molecule has 0 fully saturated rings. The minimum atomic E-state index is -0.198. The molecule has 0 radical (unpaired) electrons. The molecule has 136 valence electrons. The first kappa shape index (κ1) is 17.1. The van der Waals surface area contributed by atoms with Crippen molar-refractivity contribution in [3.63, 3.8) is 0 Å². The highest BCUT2D eigenvalue weighted by atomic mass is 16.1. The lowest BCUT2D eigenvalue weighted by atomic mass is 10.00. The molecule has 1 amide bonds. The zero-order valence-electron chi connectivity index (χ0n) is 15.2. The monoisotopic (exact) mass is 359 g/mol. The van der Waals surface area contributed by atoms with E-state index < -0.39 is 0 Å². The fourth-order valence-corrected chi connectivity index (χ4v) is 3.30. The number of pyridine rings is 1. The number of aromatic nitrogens is 3. The normalized spacial score (nSPS) is 13.1. The van der Waals surface area contributed by atoms with Crippen LogP contribution in [0.5, 0.6) is 0 Å². The van der Waals surface area contributed by atoms with Gasteiger partial charge in [-0.2, -0.15) is 0 Å². The van der Waals surface area contributed by atoms with Crippen molar-refractivity contribution < 1.29 is 4.79 Å². The molecule has 1 aromatic carbocycles. The standard InChI is InChI=1S/C21H21N5O/c1-15-24-19(21(27)23-13-16-6-9-22-10-7-16)12-20(25-15)26-11-8-17-4-2-3-5-18(17)14-26/h2-7,9-10,12H,8,11,13-14H2,1H3,(H,23,27). The minimum Gasteiger partial charge on any atom is -0.352 e. The van der Waals surface area contributed by atoms with E-state index in [1.54, 1.807) is 18.5 Å². The Kier molecular flexibility index (Phi) is 4.78. The average Bonchev–Trinajstić information content (AvgIpc) is 2.72. The Morgan fingerprint density at radius 1 is 1.11 bits per heavy atom. The largest absolute Gasteiger partial charge is 0.352 e. The second kappa shape index (κ2) is 7.53. The van der Waals surface area contributed by atoms with Crippen LogP contribution >= 0.6 is 0 Å². The number of hydrogen-bond acceptors (Lipinski definition) is 5. The van der Waals surface area contributed by atoms with Crippen LogP contribution in [-0.4, -0.2) is 27.4 Å². The molecule has 1 N–H and O–H groups in total. The summed E-state index contributed by atoms with van der Waals surface area (Å²) in [5, 5.41) is 2.91. The number of rotatable bonds is 4. The Morgan fingerprint density at radius 3 is 2.70 bits per heavy atom. The number of carbonyl (C=O) groups excluding carboxylic acids is 1. The summed E-state index contributed by atoms with van der Waals surface area (Å²) >= 11 is 0. The van der Waals surface area contributed by atoms with E-state index in [1.165, 1.54) is 11.1 Å². The third kappa shape index (κ3) is 3.95. The van der Waals surface area contributed by atoms with Crippen LogP contribution in [0.2, 0.25) is 0 Å². The molecule has 3 heterocycles. The lowest BCUT2D eigenvalue weighted by Crippen LogP contribution is -2.32. The van der Waals surface area contributed by atoms with Gasteiger partial charge >= 0.3 is 0 Å². The van der Waals surface area contributed by atoms with Gasteiger partial charge in [0.2, 0.25) is 0 Å². The highest BCUT2D eigenvalue weighted by Gasteiger charge is 2.19. The van der Waals surface area contributed by atoms with Crippen molar-refractivity contribution >= 4 is 11.7 Å². The van der Waals surface area contributed by atoms with Crippen LogP contribution in [0.3, 0.4) is 0 Å². The van der Waals surface area contributed by atoms with Crippen molar-refractivity contribution in [2.45, 2.75) is 26.4 Å². The Bertz CT molecular complexity index is 958. The third-order valence-corrected chi connectivity index (χ3v) is 4.71. The second-order valence-electron chi connectivity index (χ2n) is 6.64. The Hall–Kier alpha value is -3.28. The van der Waals surface area contributed by atoms with Gasteiger partial charge in [0.1, 0.15) is 17.3 Å². The molecule has 4 rings (SSSR count). The van der Waals surface area contributed by atoms with E-state index in [-0.39, 0.29) is 5.91 Å². The zero-order valence-corrected chi connectivity index (χ0v) is 15.2. The molecular weight excluding hydrogens is 338 g/mol. The van der Waals surface area contributed by atoms with Crippen molar-refractivity contribution in [1.29, 1.82) is 0 Å². The van der Waals surface area contributed by atoms with E-state index in [1.807, 2.05) is 19.1 Å². The average molecular weight is 359 g/mol. The van der Waals surface area contributed by atoms with Gasteiger partial charge in [0.25, 0.3) is 5.91 Å². The Labute approximate surface area is 158 Å². The van der Waals surface area contributed by atoms with E-state index in [0.29, 0.717) is 18.1 Å². The summed E-state index contributed by atoms with van der Waals surface area (Å²) in [6.07, 6.45) is 4.40. The van der Waals surface area contributed by atoms with Crippen molar-refractivity contribution in [3.8, 4) is 0 Å². The van der Waals surface area contributed by atoms with Gasteiger partial charge in [-0.05, 0) is 42.2 Å². The molecule has 0 saturated carbocycles. The first-order valence-electron chi connectivity index (χ1n) is 9.03. The van der Waals surface area contributed by atoms with Crippen LogP contribution in [0.15, 0.2) is 54.9 Å². The molecule has 0 unspecified atom stereocenters. The van der Waals surface area contributed by atoms with Gasteiger partial charge in [-0.15, -0.1) is 0 Å². The van der Waals surface area contributed by atoms with Gasteiger partial charge in [0.15, 0.2) is 0 Å². The lowest BCUT2D eigenvalue weighted by molar-refractivity contribution is 0.0945. The number of hydrogen-bond donors (Lipinski definition) is 1. The molecule has 3 aromatic rings. The van der Waals surface area contributed by atoms with Crippen LogP contribution in [0, 0.1) is 6.92 Å². The number of nitrogens with one attached hydrogen (secondary N) is 1. The van der Waals surface area contributed by atoms with Crippen molar-refractivity contribution in [1.82, 2.24) is 20.3 Å². The molecule has 0 bridgehead atoms. The minimum absolute atomic E-state index is 0.198. The molecule has 1 aliphatic heterocycles. The molecular formula is C21H21N5O. The molecule has 6 nitrogen and oxygen atoms in total. The summed E-state index contributed by atoms with van der Waals surface area (Å²) in [4.78, 5) is 27.6. The van der Waals surface area contributed by atoms with E-state index in [4.69, 9.17) is 0 Å². The highest BCUT2D eigenvalue weighted by molar-refractivity contribution is 5.92. The lowest BCUT2D eigenvalue weighted by Gasteiger charge is -2.30. The van der Waals surface area contributed by atoms with Crippen LogP contribution < -0.4 is 10.2 Å². The van der Waals surface area contributed by atoms with E-state index >= 15 is 0 Å². The van der Waals surface area contributed by atoms with Crippen LogP contribution in [0.25, 0.3) is 0 Å². The Morgan fingerprint density at radius 2 is 1.89 bits per heavy atom. The molecule has 1 aliphatic rings. The van der Waals surface area contributed by atoms with Crippen LogP contribution in [0.1, 0.15) is 33.0 Å². The number of amides is 1. The molecule has 0 atom stereocenters. The Balaban J connectivity index is 1.51. The fraction of sp³-hybridized carbons (Fsp3) is 0.238. The number of fused-ring (bicyclic) bond motifs is 1. The molecule has 6 heteroatoms. The molecule has 27 heavy (non-hydrogen) atoms. The molecule has 0 spiro atoms. The fourth-order valence-electron chi connectivity index (χ4n) is 3.30. The van der Waals surface area contributed by atoms with E-state index in [0.717, 1.165) is 30.9 Å². The molecule has 0 aliphatic carbocycles. The van der Waals surface area contributed by atoms with Crippen LogP contribution in [0.4, 0.5) is 5.82 Å². The highest BCUT2D eigenvalue weighted by Crippen LogP contribution is 2.23. The molecule has 0 saturated heterocycles. The number of carbonyl (C=O) groups is 1. The summed E-state index contributed by atoms with van der Waals surface area (Å²) in [7, 11) is 0. The van der Waals surface area contributed by atoms with Crippen molar-refractivity contribution in [3.05, 3.63) is 83.1 Å². The predicted octanol–water partition coefficient (Wildman–Crippen LogP) is 2.67. The van der Waals surface area contributed by atoms with Gasteiger partial charge in [-0.25, -0.2) is 9.97 Å². The second-order valence-corrected chi connectivity index (χ2v) is 6.64. The first-order chi connectivity index (χ1) is 13.2. The zero-order chi connectivity index (χ0) is 18.6. The summed E-state index contributed by atoms with van der Waals surface area (Å²) in [6.45, 7) is 3.94. The smallest absolute Gasteiger partial charge is 0.270 e. The quantitative estimate of drug-likeness (QED) is 0.775. The maximum atomic E-state index is 12.6. The maximum Gasteiger partial charge on any atom is 0.270 e. The van der Waals surface area contributed by atoms with Gasteiger partial charge in [0, 0.05) is 38.1 Å². The topological polar surface area (TPSA) is 71.0 Å². The predicted molar refractivity (Wildman–Crippen MR) is 103 cm³/mol. The third-order valence-electron chi connectivity index (χ3n) is 4.71. The van der Waals surface area contributed by atoms with E-state index in [2.05, 4.69) is 49.4 Å². The summed E-state index contributed by atoms with van der Waals surface area (Å²) in [5.41, 5.74) is 4.08. The van der Waals surface area contributed by atoms with E-state index in [9.17, 15) is 4.79 Å². The van der Waals surface area contributed by atoms with Gasteiger partial charge in [-0.3, -0.25) is 9.78 Å². The SMILES string of the molecule is Cc1nc(C(=O)NCc2ccncc2)cc(N2CCc3ccccc3C2)n1.